The number of rotatable bonds is 6. The van der Waals surface area contributed by atoms with E-state index in [1.165, 1.54) is 24.4 Å². The van der Waals surface area contributed by atoms with Crippen LogP contribution in [0.15, 0.2) is 126 Å². The summed E-state index contributed by atoms with van der Waals surface area (Å²) in [5, 5.41) is 1.41. The van der Waals surface area contributed by atoms with Gasteiger partial charge in [0.2, 0.25) is 0 Å². The molecule has 0 unspecified atom stereocenters. The second-order valence-corrected chi connectivity index (χ2v) is 15.4. The maximum Gasteiger partial charge on any atom is 0.121 e. The van der Waals surface area contributed by atoms with Crippen molar-refractivity contribution in [2.24, 2.45) is 5.41 Å². The molecule has 5 aromatic carbocycles. The largest absolute Gasteiger partial charge is 0.501 e. The first-order valence-electron chi connectivity index (χ1n) is 26.6. The summed E-state index contributed by atoms with van der Waals surface area (Å²) in [7, 11) is 0. The van der Waals surface area contributed by atoms with Crippen LogP contribution in [0.1, 0.15) is 106 Å². The van der Waals surface area contributed by atoms with Crippen LogP contribution in [0.4, 0.5) is 0 Å². The van der Waals surface area contributed by atoms with E-state index in [-0.39, 0.29) is 53.5 Å². The van der Waals surface area contributed by atoms with E-state index in [2.05, 4.69) is 22.1 Å². The summed E-state index contributed by atoms with van der Waals surface area (Å²) in [4.78, 5) is 8.89. The van der Waals surface area contributed by atoms with Crippen LogP contribution in [0.3, 0.4) is 0 Å². The summed E-state index contributed by atoms with van der Waals surface area (Å²) < 4.78 is 128. The van der Waals surface area contributed by atoms with Crippen LogP contribution < -0.4 is 0 Å². The Kier molecular flexibility index (Phi) is 7.80. The summed E-state index contributed by atoms with van der Waals surface area (Å²) >= 11 is 0. The van der Waals surface area contributed by atoms with Crippen molar-refractivity contribution in [3.8, 4) is 44.8 Å². The molecule has 1 aliphatic rings. The molecule has 8 aromatic rings. The summed E-state index contributed by atoms with van der Waals surface area (Å²) in [6.07, 6.45) is 4.33. The first-order chi connectivity index (χ1) is 33.5. The van der Waals surface area contributed by atoms with Gasteiger partial charge in [-0.2, -0.15) is 0 Å². The number of benzene rings is 5. The van der Waals surface area contributed by atoms with Crippen LogP contribution in [0.25, 0.3) is 66.7 Å². The van der Waals surface area contributed by atoms with Gasteiger partial charge in [0, 0.05) is 58.4 Å². The number of aromatic nitrogens is 2. The van der Waals surface area contributed by atoms with Gasteiger partial charge in [-0.15, -0.1) is 47.5 Å². The molecule has 0 saturated heterocycles. The molecular weight excluding hydrogens is 885 g/mol. The maximum atomic E-state index is 8.93. The number of fused-ring (bicyclic) bond motifs is 3. The van der Waals surface area contributed by atoms with E-state index < -0.39 is 45.1 Å². The molecule has 0 atom stereocenters. The van der Waals surface area contributed by atoms with E-state index in [9.17, 15) is 0 Å². The Hall–Kier alpha value is -5.15. The SMILES string of the molecule is [2H]C([2H])([2H])c1c[c-]c(-c2ccc(C([2H])([2H])C(C)(C)C)cn2)cc1-c1ccccc1.[2H]C([2H])([2H])c1ccc2c(c1)oc1c(-c3cc(-c4ccc(C5([2H])CCCC5)cc4C([2H])([2H])[2H])c(C([2H])([2H])[2H])cn3)[c-]ccc12.[Ir]. The van der Waals surface area contributed by atoms with Gasteiger partial charge < -0.3 is 14.4 Å². The van der Waals surface area contributed by atoms with Crippen molar-refractivity contribution < 1.29 is 45.1 Å². The van der Waals surface area contributed by atoms with Crippen molar-refractivity contribution in [3.05, 3.63) is 167 Å². The monoisotopic (exact) mass is 952 g/mol. The van der Waals surface area contributed by atoms with E-state index in [1.807, 2.05) is 51.1 Å². The third-order valence-electron chi connectivity index (χ3n) is 10.1. The van der Waals surface area contributed by atoms with E-state index in [0.29, 0.717) is 74.0 Å². The Bertz CT molecular complexity index is 3270. The summed E-state index contributed by atoms with van der Waals surface area (Å²) in [6.45, 7) is -4.15. The molecule has 295 valence electrons. The zero-order valence-electron chi connectivity index (χ0n) is 47.5. The summed E-state index contributed by atoms with van der Waals surface area (Å²) in [5.74, 6) is -0.875. The minimum absolute atomic E-state index is 0. The average molecular weight is 952 g/mol. The van der Waals surface area contributed by atoms with E-state index in [1.54, 1.807) is 66.9 Å². The van der Waals surface area contributed by atoms with E-state index in [0.717, 1.165) is 18.4 Å². The Morgan fingerprint density at radius 2 is 1.55 bits per heavy atom. The summed E-state index contributed by atoms with van der Waals surface area (Å²) in [6, 6.07) is 37.0. The van der Waals surface area contributed by atoms with Gasteiger partial charge in [-0.25, -0.2) is 0 Å². The minimum atomic E-state index is -2.59. The molecule has 0 amide bonds. The molecule has 0 bridgehead atoms. The Morgan fingerprint density at radius 3 is 2.29 bits per heavy atom. The topological polar surface area (TPSA) is 38.9 Å². The van der Waals surface area contributed by atoms with Crippen LogP contribution in [0.2, 0.25) is 0 Å². The molecule has 4 heteroatoms. The van der Waals surface area contributed by atoms with Crippen molar-refractivity contribution in [1.29, 1.82) is 0 Å². The number of hydrogen-bond donors (Lipinski definition) is 0. The minimum Gasteiger partial charge on any atom is -0.501 e. The molecule has 0 N–H and O–H groups in total. The molecule has 3 nitrogen and oxygen atoms in total. The van der Waals surface area contributed by atoms with Gasteiger partial charge in [-0.1, -0.05) is 136 Å². The fourth-order valence-electron chi connectivity index (χ4n) is 7.39. The fourth-order valence-corrected chi connectivity index (χ4v) is 7.39. The van der Waals surface area contributed by atoms with Crippen LogP contribution in [-0.4, -0.2) is 9.97 Å². The third kappa shape index (κ3) is 8.95. The molecule has 0 aliphatic heterocycles. The molecule has 9 rings (SSSR count). The second-order valence-electron chi connectivity index (χ2n) is 15.4. The standard InChI is InChI=1S/C31H28NO.C23H24N.Ir/c1-19-11-13-25-26-9-6-10-27(31(26)33-30(25)15-19)29-17-28(21(3)18-32-29)24-14-12-23(16-20(24)2)22-7-4-5-8-22;1-17-10-12-20(14-21(17)19-8-6-5-7-9-19)22-13-11-18(16-24-22)15-23(2,3)4;/h6,9,11-18,22H,4-5,7-8H2,1-3H3;5-11,13-14,16H,15H2,1-4H3;/q2*-1;/i1D3,2D3,3D3,22D;1D3,15D2;. The maximum absolute atomic E-state index is 8.93. The zero-order valence-corrected chi connectivity index (χ0v) is 34.9. The molecule has 1 aliphatic carbocycles. The van der Waals surface area contributed by atoms with Gasteiger partial charge in [0.05, 0.1) is 5.58 Å². The van der Waals surface area contributed by atoms with Gasteiger partial charge in [0.25, 0.3) is 0 Å². The first kappa shape index (κ1) is 26.1. The smallest absolute Gasteiger partial charge is 0.121 e. The number of pyridine rings is 2. The molecule has 1 radical (unpaired) electrons. The summed E-state index contributed by atoms with van der Waals surface area (Å²) in [5.41, 5.74) is 5.47. The second kappa shape index (κ2) is 17.4. The van der Waals surface area contributed by atoms with Crippen LogP contribution in [0.5, 0.6) is 0 Å². The number of nitrogens with zero attached hydrogens (tertiary/aromatic N) is 2. The first-order valence-corrected chi connectivity index (χ1v) is 19.1. The predicted molar refractivity (Wildman–Crippen MR) is 238 cm³/mol. The van der Waals surface area contributed by atoms with Crippen molar-refractivity contribution in [2.75, 3.05) is 0 Å². The molecule has 3 aromatic heterocycles. The molecule has 1 saturated carbocycles. The number of hydrogen-bond acceptors (Lipinski definition) is 3. The average Bonchev–Trinajstić information content (AvgIpc) is 3.94. The Balaban J connectivity index is 0.000000228. The molecule has 1 fully saturated rings. The van der Waals surface area contributed by atoms with Crippen molar-refractivity contribution >= 4 is 21.9 Å². The normalized spacial score (nSPS) is 18.5. The van der Waals surface area contributed by atoms with Crippen LogP contribution in [0, 0.1) is 45.0 Å². The molecular formula is C54H52IrN2O-2. The van der Waals surface area contributed by atoms with Crippen molar-refractivity contribution in [1.82, 2.24) is 9.97 Å². The van der Waals surface area contributed by atoms with Gasteiger partial charge in [-0.3, -0.25) is 0 Å². The van der Waals surface area contributed by atoms with Crippen molar-refractivity contribution in [2.45, 2.75) is 86.1 Å². The number of furan rings is 1. The van der Waals surface area contributed by atoms with Crippen LogP contribution in [-0.2, 0) is 26.5 Å². The Labute approximate surface area is 379 Å². The van der Waals surface area contributed by atoms with Gasteiger partial charge in [-0.05, 0) is 113 Å². The third-order valence-corrected chi connectivity index (χ3v) is 10.1. The molecule has 3 heterocycles. The quantitative estimate of drug-likeness (QED) is 0.156. The van der Waals surface area contributed by atoms with E-state index in [4.69, 9.17) is 25.0 Å². The zero-order chi connectivity index (χ0) is 52.4. The van der Waals surface area contributed by atoms with E-state index >= 15 is 0 Å². The fraction of sp³-hybridized carbons (Fsp3) is 0.259. The van der Waals surface area contributed by atoms with Gasteiger partial charge in [0.1, 0.15) is 5.58 Å². The number of aryl methyl sites for hydroxylation is 4. The van der Waals surface area contributed by atoms with Gasteiger partial charge in [0.15, 0.2) is 0 Å². The van der Waals surface area contributed by atoms with Crippen molar-refractivity contribution in [3.63, 3.8) is 0 Å². The predicted octanol–water partition coefficient (Wildman–Crippen LogP) is 14.8. The molecule has 0 spiro atoms. The van der Waals surface area contributed by atoms with Crippen LogP contribution >= 0.6 is 0 Å². The molecule has 58 heavy (non-hydrogen) atoms. The van der Waals surface area contributed by atoms with Gasteiger partial charge >= 0.3 is 0 Å². The Morgan fingerprint density at radius 1 is 0.741 bits per heavy atom.